The monoisotopic (exact) mass is 268 g/mol. The van der Waals surface area contributed by atoms with Crippen LogP contribution in [0.15, 0.2) is 18.2 Å². The average molecular weight is 268 g/mol. The maximum atomic E-state index is 13.8. The van der Waals surface area contributed by atoms with Gasteiger partial charge in [-0.3, -0.25) is 4.79 Å². The smallest absolute Gasteiger partial charge is 0.307 e. The number of carbonyl (C=O) groups excluding carboxylic acids is 1. The molecular formula is C14H21FN2O2. The lowest BCUT2D eigenvalue weighted by atomic mass is 10.1. The van der Waals surface area contributed by atoms with E-state index in [1.807, 2.05) is 7.05 Å². The quantitative estimate of drug-likeness (QED) is 0.767. The molecule has 0 amide bonds. The van der Waals surface area contributed by atoms with Crippen molar-refractivity contribution < 1.29 is 13.9 Å². The molecule has 0 heterocycles. The second kappa shape index (κ2) is 7.74. The molecule has 0 spiro atoms. The zero-order chi connectivity index (χ0) is 14.3. The molecule has 19 heavy (non-hydrogen) atoms. The third-order valence-corrected chi connectivity index (χ3v) is 2.76. The van der Waals surface area contributed by atoms with Gasteiger partial charge in [-0.2, -0.15) is 0 Å². The first kappa shape index (κ1) is 15.4. The van der Waals surface area contributed by atoms with Crippen LogP contribution in [0.25, 0.3) is 0 Å². The van der Waals surface area contributed by atoms with E-state index >= 15 is 0 Å². The Balaban J connectivity index is 2.67. The van der Waals surface area contributed by atoms with Crippen molar-refractivity contribution in [2.45, 2.75) is 19.9 Å². The molecule has 0 aliphatic rings. The standard InChI is InChI=1S/C14H21FN2O2/c1-4-19-14(18)7-8-17(3)13-9-11(10-16-2)5-6-12(13)15/h5-6,9,16H,4,7-8,10H2,1-3H3. The van der Waals surface area contributed by atoms with Gasteiger partial charge < -0.3 is 15.0 Å². The number of esters is 1. The Hall–Kier alpha value is -1.62. The van der Waals surface area contributed by atoms with Crippen LogP contribution in [-0.2, 0) is 16.1 Å². The van der Waals surface area contributed by atoms with Crippen LogP contribution in [0.1, 0.15) is 18.9 Å². The van der Waals surface area contributed by atoms with Gasteiger partial charge in [0, 0.05) is 20.1 Å². The highest BCUT2D eigenvalue weighted by Crippen LogP contribution is 2.20. The Bertz CT molecular complexity index is 424. The molecule has 0 saturated carbocycles. The Labute approximate surface area is 113 Å². The van der Waals surface area contributed by atoms with E-state index < -0.39 is 0 Å². The molecule has 0 saturated heterocycles. The van der Waals surface area contributed by atoms with Crippen LogP contribution in [0, 0.1) is 5.82 Å². The fourth-order valence-electron chi connectivity index (χ4n) is 1.78. The summed E-state index contributed by atoms with van der Waals surface area (Å²) in [5.74, 6) is -0.549. The summed E-state index contributed by atoms with van der Waals surface area (Å²) in [6.45, 7) is 3.24. The van der Waals surface area contributed by atoms with Gasteiger partial charge in [0.25, 0.3) is 0 Å². The Morgan fingerprint density at radius 1 is 1.47 bits per heavy atom. The normalized spacial score (nSPS) is 10.3. The first-order chi connectivity index (χ1) is 9.08. The molecule has 1 aromatic carbocycles. The van der Waals surface area contributed by atoms with Crippen molar-refractivity contribution in [3.63, 3.8) is 0 Å². The summed E-state index contributed by atoms with van der Waals surface area (Å²) in [7, 11) is 3.61. The number of halogens is 1. The third-order valence-electron chi connectivity index (χ3n) is 2.76. The summed E-state index contributed by atoms with van der Waals surface area (Å²) in [6.07, 6.45) is 0.250. The highest BCUT2D eigenvalue weighted by atomic mass is 19.1. The summed E-state index contributed by atoms with van der Waals surface area (Å²) < 4.78 is 18.6. The van der Waals surface area contributed by atoms with E-state index in [1.165, 1.54) is 6.07 Å². The third kappa shape index (κ3) is 4.87. The Kier molecular flexibility index (Phi) is 6.29. The van der Waals surface area contributed by atoms with E-state index in [2.05, 4.69) is 5.32 Å². The highest BCUT2D eigenvalue weighted by molar-refractivity contribution is 5.70. The number of anilines is 1. The van der Waals surface area contributed by atoms with Gasteiger partial charge in [-0.15, -0.1) is 0 Å². The molecule has 0 fully saturated rings. The van der Waals surface area contributed by atoms with Crippen molar-refractivity contribution in [3.05, 3.63) is 29.6 Å². The summed E-state index contributed by atoms with van der Waals surface area (Å²) in [6, 6.07) is 4.98. The molecule has 0 unspecified atom stereocenters. The van der Waals surface area contributed by atoms with Crippen LogP contribution in [0.3, 0.4) is 0 Å². The van der Waals surface area contributed by atoms with E-state index in [0.717, 1.165) is 5.56 Å². The van der Waals surface area contributed by atoms with E-state index in [9.17, 15) is 9.18 Å². The predicted octanol–water partition coefficient (Wildman–Crippen LogP) is 1.93. The van der Waals surface area contributed by atoms with Crippen molar-refractivity contribution in [3.8, 4) is 0 Å². The SMILES string of the molecule is CCOC(=O)CCN(C)c1cc(CNC)ccc1F. The molecule has 0 atom stereocenters. The largest absolute Gasteiger partial charge is 0.466 e. The summed E-state index contributed by atoms with van der Waals surface area (Å²) in [4.78, 5) is 13.0. The van der Waals surface area contributed by atoms with Gasteiger partial charge in [0.15, 0.2) is 0 Å². The Morgan fingerprint density at radius 3 is 2.84 bits per heavy atom. The van der Waals surface area contributed by atoms with Crippen molar-refractivity contribution in [2.24, 2.45) is 0 Å². The number of nitrogens with zero attached hydrogens (tertiary/aromatic N) is 1. The predicted molar refractivity (Wildman–Crippen MR) is 73.7 cm³/mol. The first-order valence-corrected chi connectivity index (χ1v) is 6.38. The maximum Gasteiger partial charge on any atom is 0.307 e. The lowest BCUT2D eigenvalue weighted by molar-refractivity contribution is -0.142. The van der Waals surface area contributed by atoms with E-state index in [1.54, 1.807) is 31.0 Å². The maximum absolute atomic E-state index is 13.8. The molecule has 0 aliphatic carbocycles. The Morgan fingerprint density at radius 2 is 2.21 bits per heavy atom. The molecule has 0 aliphatic heterocycles. The minimum absolute atomic E-state index is 0.250. The second-order valence-electron chi connectivity index (χ2n) is 4.29. The molecule has 0 aromatic heterocycles. The fourth-order valence-corrected chi connectivity index (χ4v) is 1.78. The van der Waals surface area contributed by atoms with Crippen LogP contribution in [0.4, 0.5) is 10.1 Å². The van der Waals surface area contributed by atoms with Gasteiger partial charge in [-0.25, -0.2) is 4.39 Å². The van der Waals surface area contributed by atoms with Gasteiger partial charge in [0.1, 0.15) is 5.82 Å². The molecular weight excluding hydrogens is 247 g/mol. The molecule has 1 aromatic rings. The van der Waals surface area contributed by atoms with E-state index in [-0.39, 0.29) is 18.2 Å². The van der Waals surface area contributed by atoms with Gasteiger partial charge >= 0.3 is 5.97 Å². The molecule has 1 rings (SSSR count). The lowest BCUT2D eigenvalue weighted by Gasteiger charge is -2.20. The number of ether oxygens (including phenoxy) is 1. The highest BCUT2D eigenvalue weighted by Gasteiger charge is 2.10. The minimum Gasteiger partial charge on any atom is -0.466 e. The zero-order valence-corrected chi connectivity index (χ0v) is 11.7. The van der Waals surface area contributed by atoms with E-state index in [0.29, 0.717) is 25.4 Å². The molecule has 106 valence electrons. The second-order valence-corrected chi connectivity index (χ2v) is 4.29. The lowest BCUT2D eigenvalue weighted by Crippen LogP contribution is -2.23. The van der Waals surface area contributed by atoms with Crippen molar-refractivity contribution >= 4 is 11.7 Å². The number of hydrogen-bond donors (Lipinski definition) is 1. The van der Waals surface area contributed by atoms with Crippen molar-refractivity contribution in [2.75, 3.05) is 32.1 Å². The zero-order valence-electron chi connectivity index (χ0n) is 11.7. The van der Waals surface area contributed by atoms with Crippen LogP contribution in [-0.4, -0.2) is 33.2 Å². The van der Waals surface area contributed by atoms with Crippen LogP contribution < -0.4 is 10.2 Å². The molecule has 5 heteroatoms. The van der Waals surface area contributed by atoms with Crippen LogP contribution >= 0.6 is 0 Å². The van der Waals surface area contributed by atoms with Crippen LogP contribution in [0.5, 0.6) is 0 Å². The van der Waals surface area contributed by atoms with E-state index in [4.69, 9.17) is 4.74 Å². The van der Waals surface area contributed by atoms with Gasteiger partial charge in [-0.05, 0) is 31.7 Å². The minimum atomic E-state index is -0.286. The van der Waals surface area contributed by atoms with Gasteiger partial charge in [0.05, 0.1) is 18.7 Å². The average Bonchev–Trinajstić information content (AvgIpc) is 2.39. The van der Waals surface area contributed by atoms with Crippen LogP contribution in [0.2, 0.25) is 0 Å². The summed E-state index contributed by atoms with van der Waals surface area (Å²) in [5, 5.41) is 3.02. The topological polar surface area (TPSA) is 41.6 Å². The molecule has 0 radical (unpaired) electrons. The first-order valence-electron chi connectivity index (χ1n) is 6.38. The number of nitrogens with one attached hydrogen (secondary N) is 1. The molecule has 4 nitrogen and oxygen atoms in total. The molecule has 0 bridgehead atoms. The fraction of sp³-hybridized carbons (Fsp3) is 0.500. The number of benzene rings is 1. The van der Waals surface area contributed by atoms with Gasteiger partial charge in [-0.1, -0.05) is 6.07 Å². The number of carbonyl (C=O) groups is 1. The summed E-state index contributed by atoms with van der Waals surface area (Å²) in [5.41, 5.74) is 1.50. The summed E-state index contributed by atoms with van der Waals surface area (Å²) >= 11 is 0. The van der Waals surface area contributed by atoms with Crippen molar-refractivity contribution in [1.82, 2.24) is 5.32 Å². The number of rotatable bonds is 7. The van der Waals surface area contributed by atoms with Gasteiger partial charge in [0.2, 0.25) is 0 Å². The van der Waals surface area contributed by atoms with Crippen molar-refractivity contribution in [1.29, 1.82) is 0 Å². The number of hydrogen-bond acceptors (Lipinski definition) is 4. The molecule has 1 N–H and O–H groups in total.